The molecule has 0 saturated carbocycles. The van der Waals surface area contributed by atoms with E-state index in [1.807, 2.05) is 28.7 Å². The summed E-state index contributed by atoms with van der Waals surface area (Å²) in [6, 6.07) is 9.87. The maximum atomic E-state index is 13.7. The number of carbonyl (C=O) groups excluding carboxylic acids is 1. The molecular weight excluding hydrogens is 390 g/mol. The van der Waals surface area contributed by atoms with Crippen LogP contribution >= 0.6 is 22.6 Å². The molecule has 0 spiro atoms. The van der Waals surface area contributed by atoms with E-state index in [0.717, 1.165) is 9.64 Å². The smallest absolute Gasteiger partial charge is 0.337 e. The fourth-order valence-electron chi connectivity index (χ4n) is 1.66. The first-order valence-corrected chi connectivity index (χ1v) is 6.91. The number of carboxylic acids is 1. The van der Waals surface area contributed by atoms with E-state index in [-0.39, 0.29) is 11.3 Å². The number of aromatic carboxylic acids is 1. The fourth-order valence-corrected chi connectivity index (χ4v) is 2.18. The van der Waals surface area contributed by atoms with Crippen molar-refractivity contribution in [3.05, 3.63) is 57.4 Å². The maximum absolute atomic E-state index is 13.7. The Kier molecular flexibility index (Phi) is 4.73. The minimum atomic E-state index is -1.32. The minimum Gasteiger partial charge on any atom is -0.478 e. The lowest BCUT2D eigenvalue weighted by molar-refractivity contribution is 0.0697. The number of amides is 2. The molecule has 2 aromatic carbocycles. The Morgan fingerprint density at radius 1 is 1.05 bits per heavy atom. The molecule has 0 fully saturated rings. The summed E-state index contributed by atoms with van der Waals surface area (Å²) in [6.45, 7) is 0. The summed E-state index contributed by atoms with van der Waals surface area (Å²) < 4.78 is 14.5. The number of para-hydroxylation sites is 2. The van der Waals surface area contributed by atoms with Crippen LogP contribution in [-0.2, 0) is 0 Å². The van der Waals surface area contributed by atoms with E-state index >= 15 is 0 Å². The van der Waals surface area contributed by atoms with Crippen molar-refractivity contribution >= 4 is 46.0 Å². The normalized spacial score (nSPS) is 10.0. The molecule has 108 valence electrons. The number of hydrogen-bond donors (Lipinski definition) is 3. The highest BCUT2D eigenvalue weighted by Gasteiger charge is 2.16. The van der Waals surface area contributed by atoms with Crippen molar-refractivity contribution in [3.8, 4) is 0 Å². The van der Waals surface area contributed by atoms with E-state index in [1.165, 1.54) is 12.1 Å². The van der Waals surface area contributed by atoms with Gasteiger partial charge in [-0.05, 0) is 46.9 Å². The summed E-state index contributed by atoms with van der Waals surface area (Å²) in [5.41, 5.74) is -0.134. The van der Waals surface area contributed by atoms with Crippen molar-refractivity contribution in [1.29, 1.82) is 0 Å². The number of benzene rings is 2. The Bertz CT molecular complexity index is 706. The second-order valence-corrected chi connectivity index (χ2v) is 5.19. The van der Waals surface area contributed by atoms with E-state index in [9.17, 15) is 14.0 Å². The van der Waals surface area contributed by atoms with Crippen LogP contribution in [0.3, 0.4) is 0 Å². The Morgan fingerprint density at radius 3 is 2.43 bits per heavy atom. The highest BCUT2D eigenvalue weighted by molar-refractivity contribution is 14.1. The number of nitrogens with one attached hydrogen (secondary N) is 2. The van der Waals surface area contributed by atoms with Crippen LogP contribution < -0.4 is 10.6 Å². The topological polar surface area (TPSA) is 78.4 Å². The lowest BCUT2D eigenvalue weighted by Crippen LogP contribution is -2.22. The largest absolute Gasteiger partial charge is 0.478 e. The summed E-state index contributed by atoms with van der Waals surface area (Å²) in [4.78, 5) is 22.9. The lowest BCUT2D eigenvalue weighted by Gasteiger charge is -2.11. The predicted molar refractivity (Wildman–Crippen MR) is 85.2 cm³/mol. The molecule has 0 atom stereocenters. The number of urea groups is 1. The fraction of sp³-hybridized carbons (Fsp3) is 0. The molecule has 0 aliphatic heterocycles. The van der Waals surface area contributed by atoms with Crippen LogP contribution in [0.5, 0.6) is 0 Å². The number of halogens is 2. The molecule has 0 heterocycles. The standard InChI is InChI=1S/C14H10FIN2O3/c15-9-5-3-4-8(13(19)20)12(9)18-14(21)17-11-7-2-1-6-10(11)16/h1-7H,(H,19,20)(H2,17,18,21). The molecule has 0 saturated heterocycles. The van der Waals surface area contributed by atoms with Gasteiger partial charge in [-0.2, -0.15) is 0 Å². The third-order valence-electron chi connectivity index (χ3n) is 2.60. The summed E-state index contributed by atoms with van der Waals surface area (Å²) in [6.07, 6.45) is 0. The number of carboxylic acid groups (broad SMARTS) is 1. The number of hydrogen-bond acceptors (Lipinski definition) is 2. The van der Waals surface area contributed by atoms with Crippen LogP contribution in [-0.4, -0.2) is 17.1 Å². The van der Waals surface area contributed by atoms with Gasteiger partial charge in [0.15, 0.2) is 0 Å². The monoisotopic (exact) mass is 400 g/mol. The second-order valence-electron chi connectivity index (χ2n) is 4.03. The van der Waals surface area contributed by atoms with Gasteiger partial charge in [0.25, 0.3) is 0 Å². The van der Waals surface area contributed by atoms with E-state index in [4.69, 9.17) is 5.11 Å². The zero-order valence-corrected chi connectivity index (χ0v) is 12.7. The highest BCUT2D eigenvalue weighted by atomic mass is 127. The van der Waals surface area contributed by atoms with Crippen LogP contribution in [0.25, 0.3) is 0 Å². The van der Waals surface area contributed by atoms with Crippen molar-refractivity contribution in [2.75, 3.05) is 10.6 Å². The van der Waals surface area contributed by atoms with Gasteiger partial charge in [-0.1, -0.05) is 18.2 Å². The quantitative estimate of drug-likeness (QED) is 0.687. The van der Waals surface area contributed by atoms with E-state index in [1.54, 1.807) is 18.2 Å². The van der Waals surface area contributed by atoms with Crippen molar-refractivity contribution < 1.29 is 19.1 Å². The van der Waals surface area contributed by atoms with E-state index in [2.05, 4.69) is 10.6 Å². The molecule has 2 rings (SSSR count). The molecule has 7 heteroatoms. The molecule has 0 unspecified atom stereocenters. The van der Waals surface area contributed by atoms with Gasteiger partial charge in [0.05, 0.1) is 16.9 Å². The first-order valence-electron chi connectivity index (χ1n) is 5.83. The van der Waals surface area contributed by atoms with E-state index < -0.39 is 17.8 Å². The first-order chi connectivity index (χ1) is 9.99. The van der Waals surface area contributed by atoms with Gasteiger partial charge < -0.3 is 15.7 Å². The first kappa shape index (κ1) is 15.2. The molecule has 5 nitrogen and oxygen atoms in total. The van der Waals surface area contributed by atoms with Crippen molar-refractivity contribution in [1.82, 2.24) is 0 Å². The SMILES string of the molecule is O=C(Nc1ccccc1I)Nc1c(F)cccc1C(=O)O. The molecule has 21 heavy (non-hydrogen) atoms. The highest BCUT2D eigenvalue weighted by Crippen LogP contribution is 2.21. The van der Waals surface area contributed by atoms with Gasteiger partial charge >= 0.3 is 12.0 Å². The summed E-state index contributed by atoms with van der Waals surface area (Å²) in [5.74, 6) is -2.13. The van der Waals surface area contributed by atoms with Crippen molar-refractivity contribution in [2.45, 2.75) is 0 Å². The summed E-state index contributed by atoms with van der Waals surface area (Å²) in [5, 5.41) is 13.8. The third-order valence-corrected chi connectivity index (χ3v) is 3.55. The van der Waals surface area contributed by atoms with Crippen LogP contribution in [0.4, 0.5) is 20.6 Å². The van der Waals surface area contributed by atoms with Gasteiger partial charge in [0, 0.05) is 3.57 Å². The zero-order valence-electron chi connectivity index (χ0n) is 10.6. The maximum Gasteiger partial charge on any atom is 0.337 e. The van der Waals surface area contributed by atoms with Crippen LogP contribution in [0.1, 0.15) is 10.4 Å². The van der Waals surface area contributed by atoms with Crippen molar-refractivity contribution in [2.24, 2.45) is 0 Å². The van der Waals surface area contributed by atoms with Crippen molar-refractivity contribution in [3.63, 3.8) is 0 Å². The molecule has 3 N–H and O–H groups in total. The Labute approximate surface area is 133 Å². The van der Waals surface area contributed by atoms with Gasteiger partial charge in [-0.3, -0.25) is 0 Å². The Hall–Kier alpha value is -2.16. The lowest BCUT2D eigenvalue weighted by atomic mass is 10.1. The van der Waals surface area contributed by atoms with Gasteiger partial charge in [0.2, 0.25) is 0 Å². The molecule has 0 aliphatic rings. The summed E-state index contributed by atoms with van der Waals surface area (Å²) >= 11 is 2.04. The third kappa shape index (κ3) is 3.69. The van der Waals surface area contributed by atoms with Gasteiger partial charge in [-0.25, -0.2) is 14.0 Å². The predicted octanol–water partition coefficient (Wildman–Crippen LogP) is 3.77. The van der Waals surface area contributed by atoms with Gasteiger partial charge in [0.1, 0.15) is 5.82 Å². The number of rotatable bonds is 3. The summed E-state index contributed by atoms with van der Waals surface area (Å²) in [7, 11) is 0. The zero-order chi connectivity index (χ0) is 15.4. The molecule has 0 aliphatic carbocycles. The number of anilines is 2. The molecule has 0 radical (unpaired) electrons. The molecule has 2 aromatic rings. The Balaban J connectivity index is 2.21. The van der Waals surface area contributed by atoms with Crippen LogP contribution in [0.15, 0.2) is 42.5 Å². The average Bonchev–Trinajstić information content (AvgIpc) is 2.43. The number of carbonyl (C=O) groups is 2. The Morgan fingerprint density at radius 2 is 1.76 bits per heavy atom. The minimum absolute atomic E-state index is 0.312. The average molecular weight is 400 g/mol. The molecule has 2 amide bonds. The van der Waals surface area contributed by atoms with E-state index in [0.29, 0.717) is 5.69 Å². The van der Waals surface area contributed by atoms with Gasteiger partial charge in [-0.15, -0.1) is 0 Å². The second kappa shape index (κ2) is 6.53. The molecular formula is C14H10FIN2O3. The van der Waals surface area contributed by atoms with Crippen LogP contribution in [0.2, 0.25) is 0 Å². The van der Waals surface area contributed by atoms with Crippen LogP contribution in [0, 0.1) is 9.39 Å². The molecule has 0 aromatic heterocycles. The molecule has 0 bridgehead atoms.